The lowest BCUT2D eigenvalue weighted by Crippen LogP contribution is -2.52. The van der Waals surface area contributed by atoms with Crippen molar-refractivity contribution in [1.82, 2.24) is 10.6 Å². The predicted octanol–water partition coefficient (Wildman–Crippen LogP) is 2.25. The van der Waals surface area contributed by atoms with Gasteiger partial charge in [-0.15, -0.1) is 0 Å². The van der Waals surface area contributed by atoms with Crippen molar-refractivity contribution >= 4 is 29.5 Å². The highest BCUT2D eigenvalue weighted by Crippen LogP contribution is 2.13. The van der Waals surface area contributed by atoms with Crippen LogP contribution in [0.25, 0.3) is 0 Å². The fourth-order valence-electron chi connectivity index (χ4n) is 2.59. The van der Waals surface area contributed by atoms with Crippen LogP contribution in [-0.2, 0) is 14.3 Å². The van der Waals surface area contributed by atoms with E-state index in [2.05, 4.69) is 10.6 Å². The summed E-state index contributed by atoms with van der Waals surface area (Å²) in [6.45, 7) is 3.93. The third-order valence-electron chi connectivity index (χ3n) is 4.09. The Morgan fingerprint density at radius 2 is 1.68 bits per heavy atom. The lowest BCUT2D eigenvalue weighted by atomic mass is 10.0. The SMILES string of the molecule is COC(=O)[C@H](CCSC)NC(=O)[C@H](CC(C)C)NC(=O)c1ccc(OC)cc1. The summed E-state index contributed by atoms with van der Waals surface area (Å²) >= 11 is 1.58. The summed E-state index contributed by atoms with van der Waals surface area (Å²) in [6.07, 6.45) is 2.83. The lowest BCUT2D eigenvalue weighted by molar-refractivity contribution is -0.145. The maximum Gasteiger partial charge on any atom is 0.328 e. The van der Waals surface area contributed by atoms with E-state index in [0.29, 0.717) is 29.9 Å². The van der Waals surface area contributed by atoms with Crippen molar-refractivity contribution in [3.63, 3.8) is 0 Å². The summed E-state index contributed by atoms with van der Waals surface area (Å²) in [5.74, 6) is 0.270. The van der Waals surface area contributed by atoms with Gasteiger partial charge >= 0.3 is 5.97 Å². The van der Waals surface area contributed by atoms with E-state index in [0.717, 1.165) is 0 Å². The quantitative estimate of drug-likeness (QED) is 0.544. The van der Waals surface area contributed by atoms with E-state index in [9.17, 15) is 14.4 Å². The van der Waals surface area contributed by atoms with Gasteiger partial charge in [0.25, 0.3) is 5.91 Å². The number of nitrogens with one attached hydrogen (secondary N) is 2. The molecule has 2 N–H and O–H groups in total. The van der Waals surface area contributed by atoms with Crippen molar-refractivity contribution in [2.75, 3.05) is 26.2 Å². The van der Waals surface area contributed by atoms with Gasteiger partial charge in [0.05, 0.1) is 14.2 Å². The Morgan fingerprint density at radius 3 is 2.18 bits per heavy atom. The minimum Gasteiger partial charge on any atom is -0.497 e. The van der Waals surface area contributed by atoms with Crippen molar-refractivity contribution in [2.45, 2.75) is 38.8 Å². The van der Waals surface area contributed by atoms with E-state index < -0.39 is 24.0 Å². The minimum atomic E-state index is -0.754. The summed E-state index contributed by atoms with van der Waals surface area (Å²) in [4.78, 5) is 37.3. The topological polar surface area (TPSA) is 93.7 Å². The van der Waals surface area contributed by atoms with Crippen LogP contribution < -0.4 is 15.4 Å². The lowest BCUT2D eigenvalue weighted by Gasteiger charge is -2.23. The average molecular weight is 411 g/mol. The highest BCUT2D eigenvalue weighted by Gasteiger charge is 2.27. The third-order valence-corrected chi connectivity index (χ3v) is 4.74. The molecule has 0 aliphatic rings. The van der Waals surface area contributed by atoms with E-state index in [1.165, 1.54) is 7.11 Å². The molecule has 1 rings (SSSR count). The van der Waals surface area contributed by atoms with E-state index in [-0.39, 0.29) is 11.8 Å². The van der Waals surface area contributed by atoms with Gasteiger partial charge in [-0.25, -0.2) is 4.79 Å². The number of benzene rings is 1. The molecule has 1 aromatic rings. The first-order chi connectivity index (χ1) is 13.3. The second-order valence-electron chi connectivity index (χ2n) is 6.75. The summed E-state index contributed by atoms with van der Waals surface area (Å²) in [5.41, 5.74) is 0.425. The molecule has 0 bridgehead atoms. The number of carbonyl (C=O) groups excluding carboxylic acids is 3. The zero-order valence-electron chi connectivity index (χ0n) is 17.1. The molecular formula is C20H30N2O5S. The third kappa shape index (κ3) is 7.80. The van der Waals surface area contributed by atoms with Gasteiger partial charge in [-0.2, -0.15) is 11.8 Å². The zero-order chi connectivity index (χ0) is 21.1. The molecular weight excluding hydrogens is 380 g/mol. The van der Waals surface area contributed by atoms with Crippen LogP contribution in [0.3, 0.4) is 0 Å². The van der Waals surface area contributed by atoms with Gasteiger partial charge in [-0.05, 0) is 55.0 Å². The van der Waals surface area contributed by atoms with Crippen LogP contribution in [0.15, 0.2) is 24.3 Å². The van der Waals surface area contributed by atoms with Gasteiger partial charge in [0.15, 0.2) is 0 Å². The van der Waals surface area contributed by atoms with E-state index in [1.54, 1.807) is 43.1 Å². The number of esters is 1. The Kier molecular flexibility index (Phi) is 10.4. The van der Waals surface area contributed by atoms with Gasteiger partial charge in [0.2, 0.25) is 5.91 Å². The molecule has 8 heteroatoms. The largest absolute Gasteiger partial charge is 0.497 e. The van der Waals surface area contributed by atoms with Gasteiger partial charge in [-0.1, -0.05) is 13.8 Å². The molecule has 1 aromatic carbocycles. The molecule has 2 amide bonds. The van der Waals surface area contributed by atoms with Crippen molar-refractivity contribution in [3.05, 3.63) is 29.8 Å². The van der Waals surface area contributed by atoms with Crippen LogP contribution in [0.1, 0.15) is 37.0 Å². The van der Waals surface area contributed by atoms with E-state index in [1.807, 2.05) is 20.1 Å². The molecule has 0 saturated heterocycles. The van der Waals surface area contributed by atoms with Crippen LogP contribution in [0.2, 0.25) is 0 Å². The van der Waals surface area contributed by atoms with Crippen LogP contribution in [-0.4, -0.2) is 56.1 Å². The molecule has 0 unspecified atom stereocenters. The second-order valence-corrected chi connectivity index (χ2v) is 7.74. The predicted molar refractivity (Wildman–Crippen MR) is 111 cm³/mol. The molecule has 0 aliphatic carbocycles. The Bertz CT molecular complexity index is 649. The summed E-state index contributed by atoms with van der Waals surface area (Å²) < 4.78 is 9.87. The fraction of sp³-hybridized carbons (Fsp3) is 0.550. The maximum atomic E-state index is 12.8. The first kappa shape index (κ1) is 23.8. The van der Waals surface area contributed by atoms with Crippen molar-refractivity contribution < 1.29 is 23.9 Å². The maximum absolute atomic E-state index is 12.8. The van der Waals surface area contributed by atoms with Gasteiger partial charge < -0.3 is 20.1 Å². The Labute approximate surface area is 170 Å². The molecule has 0 aliphatic heterocycles. The zero-order valence-corrected chi connectivity index (χ0v) is 17.9. The normalized spacial score (nSPS) is 12.8. The number of amides is 2. The number of ether oxygens (including phenoxy) is 2. The van der Waals surface area contributed by atoms with E-state index >= 15 is 0 Å². The van der Waals surface area contributed by atoms with Crippen molar-refractivity contribution in [2.24, 2.45) is 5.92 Å². The number of hydrogen-bond acceptors (Lipinski definition) is 6. The molecule has 0 saturated carbocycles. The molecule has 0 radical (unpaired) electrons. The Balaban J connectivity index is 2.87. The standard InChI is InChI=1S/C20H30N2O5S/c1-13(2)12-17(19(24)21-16(10-11-28-5)20(25)27-4)22-18(23)14-6-8-15(26-3)9-7-14/h6-9,13,16-17H,10-12H2,1-5H3,(H,21,24)(H,22,23)/t16-,17-/m0/s1. The first-order valence-corrected chi connectivity index (χ1v) is 10.5. The molecule has 0 heterocycles. The van der Waals surface area contributed by atoms with Crippen molar-refractivity contribution in [3.8, 4) is 5.75 Å². The molecule has 28 heavy (non-hydrogen) atoms. The van der Waals surface area contributed by atoms with Crippen LogP contribution in [0, 0.1) is 5.92 Å². The molecule has 0 aromatic heterocycles. The average Bonchev–Trinajstić information content (AvgIpc) is 2.69. The Morgan fingerprint density at radius 1 is 1.04 bits per heavy atom. The Hall–Kier alpha value is -2.22. The summed E-state index contributed by atoms with van der Waals surface area (Å²) in [5, 5.41) is 5.49. The fourth-order valence-corrected chi connectivity index (χ4v) is 3.06. The second kappa shape index (κ2) is 12.3. The van der Waals surface area contributed by atoms with Crippen LogP contribution in [0.4, 0.5) is 0 Å². The van der Waals surface area contributed by atoms with Gasteiger partial charge in [-0.3, -0.25) is 9.59 Å². The highest BCUT2D eigenvalue weighted by molar-refractivity contribution is 7.98. The first-order valence-electron chi connectivity index (χ1n) is 9.14. The smallest absolute Gasteiger partial charge is 0.328 e. The minimum absolute atomic E-state index is 0.176. The molecule has 0 spiro atoms. The summed E-state index contributed by atoms with van der Waals surface area (Å²) in [7, 11) is 2.84. The molecule has 7 nitrogen and oxygen atoms in total. The highest BCUT2D eigenvalue weighted by atomic mass is 32.2. The number of thioether (sulfide) groups is 1. The van der Waals surface area contributed by atoms with Gasteiger partial charge in [0.1, 0.15) is 17.8 Å². The number of carbonyl (C=O) groups is 3. The van der Waals surface area contributed by atoms with Gasteiger partial charge in [0, 0.05) is 5.56 Å². The summed E-state index contributed by atoms with van der Waals surface area (Å²) in [6, 6.07) is 5.14. The number of methoxy groups -OCH3 is 2. The van der Waals surface area contributed by atoms with Crippen LogP contribution in [0.5, 0.6) is 5.75 Å². The molecule has 0 fully saturated rings. The monoisotopic (exact) mass is 410 g/mol. The number of hydrogen-bond donors (Lipinski definition) is 2. The molecule has 156 valence electrons. The number of rotatable bonds is 11. The van der Waals surface area contributed by atoms with E-state index in [4.69, 9.17) is 9.47 Å². The molecule has 2 atom stereocenters. The van der Waals surface area contributed by atoms with Crippen molar-refractivity contribution in [1.29, 1.82) is 0 Å². The van der Waals surface area contributed by atoms with Crippen LogP contribution >= 0.6 is 11.8 Å².